The average Bonchev–Trinajstić information content (AvgIpc) is 2.68. The lowest BCUT2D eigenvalue weighted by atomic mass is 9.97. The van der Waals surface area contributed by atoms with Crippen molar-refractivity contribution in [3.05, 3.63) is 35.4 Å². The maximum Gasteiger partial charge on any atom is 0.253 e. The van der Waals surface area contributed by atoms with Crippen LogP contribution in [-0.2, 0) is 11.3 Å². The Kier molecular flexibility index (Phi) is 8.65. The van der Waals surface area contributed by atoms with Crippen LogP contribution in [0.25, 0.3) is 0 Å². The van der Waals surface area contributed by atoms with Gasteiger partial charge in [0.05, 0.1) is 0 Å². The molecule has 2 rings (SSSR count). The van der Waals surface area contributed by atoms with E-state index in [9.17, 15) is 9.59 Å². The van der Waals surface area contributed by atoms with Crippen LogP contribution < -0.4 is 10.6 Å². The Hall–Kier alpha value is -1.92. The second-order valence-corrected chi connectivity index (χ2v) is 9.44. The van der Waals surface area contributed by atoms with E-state index in [1.54, 1.807) is 0 Å². The fraction of sp³-hybridized carbons (Fsp3) is 0.652. The Bertz CT molecular complexity index is 674. The molecular formula is C23H38N4O2. The minimum atomic E-state index is -0.0419. The van der Waals surface area contributed by atoms with Crippen molar-refractivity contribution in [2.24, 2.45) is 11.3 Å². The summed E-state index contributed by atoms with van der Waals surface area (Å²) in [6, 6.07) is 7.59. The van der Waals surface area contributed by atoms with Crippen LogP contribution in [0, 0.1) is 11.3 Å². The molecule has 6 heteroatoms. The van der Waals surface area contributed by atoms with Crippen molar-refractivity contribution in [3.63, 3.8) is 0 Å². The van der Waals surface area contributed by atoms with Gasteiger partial charge in [0.1, 0.15) is 0 Å². The molecule has 1 aromatic carbocycles. The summed E-state index contributed by atoms with van der Waals surface area (Å²) in [7, 11) is 0. The highest BCUT2D eigenvalue weighted by Gasteiger charge is 2.22. The topological polar surface area (TPSA) is 64.7 Å². The summed E-state index contributed by atoms with van der Waals surface area (Å²) in [5.74, 6) is 0.0576. The van der Waals surface area contributed by atoms with Gasteiger partial charge in [-0.15, -0.1) is 0 Å². The molecule has 29 heavy (non-hydrogen) atoms. The van der Waals surface area contributed by atoms with Crippen LogP contribution in [0.3, 0.4) is 0 Å². The van der Waals surface area contributed by atoms with E-state index in [4.69, 9.17) is 0 Å². The van der Waals surface area contributed by atoms with Crippen molar-refractivity contribution < 1.29 is 9.59 Å². The molecular weight excluding hydrogens is 364 g/mol. The van der Waals surface area contributed by atoms with E-state index in [1.165, 1.54) is 0 Å². The van der Waals surface area contributed by atoms with E-state index < -0.39 is 0 Å². The molecule has 0 aromatic heterocycles. The van der Waals surface area contributed by atoms with Crippen molar-refractivity contribution in [3.8, 4) is 0 Å². The van der Waals surface area contributed by atoms with Gasteiger partial charge in [-0.05, 0) is 23.1 Å². The molecule has 6 nitrogen and oxygen atoms in total. The Morgan fingerprint density at radius 2 is 1.79 bits per heavy atom. The van der Waals surface area contributed by atoms with Gasteiger partial charge >= 0.3 is 0 Å². The van der Waals surface area contributed by atoms with Crippen molar-refractivity contribution in [1.29, 1.82) is 0 Å². The van der Waals surface area contributed by atoms with Crippen LogP contribution in [0.4, 0.5) is 0 Å². The normalized spacial score (nSPS) is 15.6. The fourth-order valence-electron chi connectivity index (χ4n) is 3.27. The Morgan fingerprint density at radius 3 is 2.41 bits per heavy atom. The zero-order valence-electron chi connectivity index (χ0n) is 18.8. The monoisotopic (exact) mass is 402 g/mol. The second-order valence-electron chi connectivity index (χ2n) is 9.44. The zero-order valence-corrected chi connectivity index (χ0v) is 18.8. The average molecular weight is 403 g/mol. The zero-order chi connectivity index (χ0) is 21.4. The first-order chi connectivity index (χ1) is 13.7. The molecule has 0 atom stereocenters. The van der Waals surface area contributed by atoms with Gasteiger partial charge in [-0.3, -0.25) is 14.5 Å². The Labute approximate surface area is 176 Å². The van der Waals surface area contributed by atoms with Gasteiger partial charge in [0.2, 0.25) is 5.91 Å². The van der Waals surface area contributed by atoms with Crippen molar-refractivity contribution >= 4 is 11.8 Å². The molecule has 0 aliphatic carbocycles. The van der Waals surface area contributed by atoms with Crippen LogP contribution in [-0.4, -0.2) is 67.4 Å². The van der Waals surface area contributed by atoms with E-state index in [0.717, 1.165) is 51.4 Å². The minimum Gasteiger partial charge on any atom is -0.352 e. The largest absolute Gasteiger partial charge is 0.352 e. The first kappa shape index (κ1) is 23.4. The van der Waals surface area contributed by atoms with E-state index in [1.807, 2.05) is 43.0 Å². The summed E-state index contributed by atoms with van der Waals surface area (Å²) < 4.78 is 0. The maximum absolute atomic E-state index is 12.9. The molecule has 1 aliphatic heterocycles. The molecule has 1 fully saturated rings. The number of carbonyl (C=O) groups is 2. The van der Waals surface area contributed by atoms with Gasteiger partial charge < -0.3 is 15.5 Å². The number of carbonyl (C=O) groups excluding carboxylic acids is 2. The van der Waals surface area contributed by atoms with E-state index in [-0.39, 0.29) is 17.7 Å². The smallest absolute Gasteiger partial charge is 0.253 e. The quantitative estimate of drug-likeness (QED) is 0.655. The molecule has 0 bridgehead atoms. The number of rotatable bonds is 8. The minimum absolute atomic E-state index is 0.0230. The number of amides is 2. The highest BCUT2D eigenvalue weighted by atomic mass is 16.2. The third-order valence-electron chi connectivity index (χ3n) is 5.08. The van der Waals surface area contributed by atoms with Crippen LogP contribution >= 0.6 is 0 Å². The predicted molar refractivity (Wildman–Crippen MR) is 118 cm³/mol. The first-order valence-electron chi connectivity index (χ1n) is 10.7. The predicted octanol–water partition coefficient (Wildman–Crippen LogP) is 2.35. The fourth-order valence-corrected chi connectivity index (χ4v) is 3.27. The van der Waals surface area contributed by atoms with Crippen molar-refractivity contribution in [2.75, 3.05) is 45.8 Å². The van der Waals surface area contributed by atoms with Gasteiger partial charge in [0.15, 0.2) is 0 Å². The summed E-state index contributed by atoms with van der Waals surface area (Å²) in [5.41, 5.74) is 1.95. The Morgan fingerprint density at radius 1 is 1.10 bits per heavy atom. The van der Waals surface area contributed by atoms with Gasteiger partial charge in [-0.25, -0.2) is 0 Å². The molecule has 0 saturated carbocycles. The SMILES string of the molecule is CC(C)C(=O)NCc1cccc(C(=O)N2CCN(CCNCC(C)(C)C)CC2)c1. The molecule has 2 amide bonds. The first-order valence-corrected chi connectivity index (χ1v) is 10.7. The standard InChI is InChI=1S/C23H38N4O2/c1-18(2)21(28)25-16-19-7-6-8-20(15-19)22(29)27-13-11-26(12-14-27)10-9-24-17-23(3,4)5/h6-8,15,18,24H,9-14,16-17H2,1-5H3,(H,25,28). The summed E-state index contributed by atoms with van der Waals surface area (Å²) in [5, 5.41) is 6.42. The molecule has 0 spiro atoms. The van der Waals surface area contributed by atoms with Crippen molar-refractivity contribution in [2.45, 2.75) is 41.2 Å². The Balaban J connectivity index is 1.78. The second kappa shape index (κ2) is 10.7. The van der Waals surface area contributed by atoms with Crippen molar-refractivity contribution in [1.82, 2.24) is 20.4 Å². The number of piperazine rings is 1. The van der Waals surface area contributed by atoms with Crippen LogP contribution in [0.15, 0.2) is 24.3 Å². The van der Waals surface area contributed by atoms with E-state index in [0.29, 0.717) is 17.5 Å². The summed E-state index contributed by atoms with van der Waals surface area (Å²) >= 11 is 0. The lowest BCUT2D eigenvalue weighted by Gasteiger charge is -2.35. The third-order valence-corrected chi connectivity index (χ3v) is 5.08. The molecule has 1 aromatic rings. The van der Waals surface area contributed by atoms with Gasteiger partial charge in [-0.2, -0.15) is 0 Å². The third kappa shape index (κ3) is 8.15. The van der Waals surface area contributed by atoms with Gasteiger partial charge in [0, 0.05) is 63.8 Å². The summed E-state index contributed by atoms with van der Waals surface area (Å²) in [4.78, 5) is 29.0. The molecule has 2 N–H and O–H groups in total. The molecule has 1 heterocycles. The van der Waals surface area contributed by atoms with Gasteiger partial charge in [-0.1, -0.05) is 46.8 Å². The summed E-state index contributed by atoms with van der Waals surface area (Å²) in [6.07, 6.45) is 0. The molecule has 0 unspecified atom stereocenters. The lowest BCUT2D eigenvalue weighted by molar-refractivity contribution is -0.124. The highest BCUT2D eigenvalue weighted by molar-refractivity contribution is 5.94. The maximum atomic E-state index is 12.9. The molecule has 1 saturated heterocycles. The van der Waals surface area contributed by atoms with Gasteiger partial charge in [0.25, 0.3) is 5.91 Å². The van der Waals surface area contributed by atoms with E-state index >= 15 is 0 Å². The number of nitrogens with zero attached hydrogens (tertiary/aromatic N) is 2. The van der Waals surface area contributed by atoms with Crippen LogP contribution in [0.2, 0.25) is 0 Å². The number of benzene rings is 1. The number of hydrogen-bond acceptors (Lipinski definition) is 4. The molecule has 162 valence electrons. The van der Waals surface area contributed by atoms with E-state index in [2.05, 4.69) is 36.3 Å². The number of nitrogens with one attached hydrogen (secondary N) is 2. The van der Waals surface area contributed by atoms with Crippen LogP contribution in [0.5, 0.6) is 0 Å². The van der Waals surface area contributed by atoms with Crippen LogP contribution in [0.1, 0.15) is 50.5 Å². The number of hydrogen-bond donors (Lipinski definition) is 2. The molecule has 0 radical (unpaired) electrons. The lowest BCUT2D eigenvalue weighted by Crippen LogP contribution is -2.50. The molecule has 1 aliphatic rings. The highest BCUT2D eigenvalue weighted by Crippen LogP contribution is 2.12. The summed E-state index contributed by atoms with van der Waals surface area (Å²) in [6.45, 7) is 17.2.